The average molecular weight is 468 g/mol. The summed E-state index contributed by atoms with van der Waals surface area (Å²) in [7, 11) is -10.2. The van der Waals surface area contributed by atoms with Crippen LogP contribution >= 0.6 is 0 Å². The second kappa shape index (κ2) is 10.0. The summed E-state index contributed by atoms with van der Waals surface area (Å²) in [6.07, 6.45) is 0. The number of phenolic OH excluding ortho intramolecular Hbond substituents is 2. The topological polar surface area (TPSA) is 180 Å². The molecule has 0 amide bonds. The van der Waals surface area contributed by atoms with E-state index in [1.807, 2.05) is 0 Å². The Balaban J connectivity index is 0.00000225. The first kappa shape index (κ1) is 27.0. The molecule has 0 saturated carbocycles. The van der Waals surface area contributed by atoms with Crippen molar-refractivity contribution in [1.29, 1.82) is 0 Å². The van der Waals surface area contributed by atoms with E-state index in [9.17, 15) is 36.2 Å². The zero-order valence-corrected chi connectivity index (χ0v) is 21.3. The van der Waals surface area contributed by atoms with Crippen molar-refractivity contribution in [2.45, 2.75) is 9.79 Å². The van der Waals surface area contributed by atoms with E-state index >= 15 is 0 Å². The molecule has 0 aliphatic carbocycles. The van der Waals surface area contributed by atoms with Crippen LogP contribution in [0.25, 0.3) is 10.8 Å². The average Bonchev–Trinajstić information content (AvgIpc) is 2.59. The minimum absolute atomic E-state index is 0. The standard InChI is InChI=1S/C16H12N2O8S2.2Na/c19-12-8-11(27(21,22)23)6-9-7-13(28(24,25)26)15(16(20)14(9)12)18-17-10-4-2-1-3-5-10;;/h1-8,19-20H,(H,21,22,23)(H,24,25,26);;/q;2*+1/p-2/b18-17+;;. The van der Waals surface area contributed by atoms with Gasteiger partial charge in [0.05, 0.1) is 20.9 Å². The van der Waals surface area contributed by atoms with Crippen molar-refractivity contribution < 1.29 is 95.3 Å². The van der Waals surface area contributed by atoms with E-state index in [0.29, 0.717) is 12.1 Å². The van der Waals surface area contributed by atoms with Crippen LogP contribution in [0, 0.1) is 0 Å². The van der Waals surface area contributed by atoms with Crippen molar-refractivity contribution in [2.75, 3.05) is 0 Å². The largest absolute Gasteiger partial charge is 1.00 e. The monoisotopic (exact) mass is 468 g/mol. The summed E-state index contributed by atoms with van der Waals surface area (Å²) < 4.78 is 68.4. The van der Waals surface area contributed by atoms with Crippen LogP contribution < -0.4 is 59.1 Å². The summed E-state index contributed by atoms with van der Waals surface area (Å²) in [5.41, 5.74) is -0.451. The van der Waals surface area contributed by atoms with Gasteiger partial charge in [0.25, 0.3) is 0 Å². The van der Waals surface area contributed by atoms with Crippen molar-refractivity contribution in [2.24, 2.45) is 10.2 Å². The van der Waals surface area contributed by atoms with Crippen LogP contribution in [-0.4, -0.2) is 36.2 Å². The molecule has 30 heavy (non-hydrogen) atoms. The minimum atomic E-state index is -5.19. The summed E-state index contributed by atoms with van der Waals surface area (Å²) in [6.45, 7) is 0. The van der Waals surface area contributed by atoms with Crippen LogP contribution in [0.2, 0.25) is 0 Å². The van der Waals surface area contributed by atoms with Crippen molar-refractivity contribution in [1.82, 2.24) is 0 Å². The number of rotatable bonds is 4. The molecule has 3 aromatic rings. The van der Waals surface area contributed by atoms with Crippen LogP contribution in [0.15, 0.2) is 68.6 Å². The van der Waals surface area contributed by atoms with Gasteiger partial charge in [-0.1, -0.05) is 18.2 Å². The number of phenols is 2. The van der Waals surface area contributed by atoms with Gasteiger partial charge in [0.15, 0.2) is 5.75 Å². The maximum Gasteiger partial charge on any atom is 1.00 e. The first-order valence-corrected chi connectivity index (χ1v) is 10.2. The molecule has 0 aromatic heterocycles. The Hall–Kier alpha value is -1.06. The Morgan fingerprint density at radius 1 is 0.800 bits per heavy atom. The number of nitrogens with zero attached hydrogens (tertiary/aromatic N) is 2. The molecule has 0 spiro atoms. The SMILES string of the molecule is O=S(=O)([O-])c1cc(O)c2c(O)c(/N=N/c3ccccc3)c(S(=O)(=O)[O-])cc2c1.[Na+].[Na+]. The Bertz CT molecular complexity index is 1330. The van der Waals surface area contributed by atoms with Gasteiger partial charge in [0.2, 0.25) is 0 Å². The summed E-state index contributed by atoms with van der Waals surface area (Å²) in [6, 6.07) is 10.0. The molecule has 146 valence electrons. The van der Waals surface area contributed by atoms with Crippen molar-refractivity contribution in [3.8, 4) is 11.5 Å². The van der Waals surface area contributed by atoms with E-state index in [0.717, 1.165) is 6.07 Å². The second-order valence-electron chi connectivity index (χ2n) is 5.56. The molecule has 0 atom stereocenters. The third-order valence-corrected chi connectivity index (χ3v) is 5.35. The molecule has 2 N–H and O–H groups in total. The van der Waals surface area contributed by atoms with Gasteiger partial charge in [-0.25, -0.2) is 16.8 Å². The van der Waals surface area contributed by atoms with Crippen LogP contribution in [0.4, 0.5) is 11.4 Å². The third-order valence-electron chi connectivity index (χ3n) is 3.68. The van der Waals surface area contributed by atoms with Crippen LogP contribution in [0.3, 0.4) is 0 Å². The zero-order valence-electron chi connectivity index (χ0n) is 15.7. The molecule has 3 rings (SSSR count). The van der Waals surface area contributed by atoms with E-state index in [4.69, 9.17) is 0 Å². The number of fused-ring (bicyclic) bond motifs is 1. The summed E-state index contributed by atoms with van der Waals surface area (Å²) >= 11 is 0. The number of azo groups is 1. The van der Waals surface area contributed by atoms with Gasteiger partial charge in [0, 0.05) is 0 Å². The van der Waals surface area contributed by atoms with Crippen LogP contribution in [0.1, 0.15) is 0 Å². The molecule has 0 fully saturated rings. The summed E-state index contributed by atoms with van der Waals surface area (Å²) in [5.74, 6) is -1.74. The minimum Gasteiger partial charge on any atom is -0.744 e. The van der Waals surface area contributed by atoms with E-state index < -0.39 is 52.6 Å². The van der Waals surface area contributed by atoms with E-state index in [2.05, 4.69) is 10.2 Å². The summed E-state index contributed by atoms with van der Waals surface area (Å²) in [4.78, 5) is -1.87. The van der Waals surface area contributed by atoms with E-state index in [-0.39, 0.29) is 70.2 Å². The van der Waals surface area contributed by atoms with Crippen LogP contribution in [0.5, 0.6) is 11.5 Å². The van der Waals surface area contributed by atoms with Crippen LogP contribution in [-0.2, 0) is 20.2 Å². The van der Waals surface area contributed by atoms with Crippen molar-refractivity contribution in [3.05, 3.63) is 48.5 Å². The fraction of sp³-hybridized carbons (Fsp3) is 0. The van der Waals surface area contributed by atoms with Crippen molar-refractivity contribution in [3.63, 3.8) is 0 Å². The molecule has 0 radical (unpaired) electrons. The van der Waals surface area contributed by atoms with Crippen molar-refractivity contribution >= 4 is 42.4 Å². The molecular weight excluding hydrogens is 458 g/mol. The molecule has 10 nitrogen and oxygen atoms in total. The number of aromatic hydroxyl groups is 2. The number of hydrogen-bond donors (Lipinski definition) is 2. The molecule has 0 aliphatic heterocycles. The van der Waals surface area contributed by atoms with E-state index in [1.54, 1.807) is 18.2 Å². The predicted molar refractivity (Wildman–Crippen MR) is 93.8 cm³/mol. The molecule has 3 aromatic carbocycles. The van der Waals surface area contributed by atoms with Gasteiger partial charge in [-0.05, 0) is 35.7 Å². The molecular formula is C16H10N2Na2O8S2. The predicted octanol–water partition coefficient (Wildman–Crippen LogP) is -3.52. The Morgan fingerprint density at radius 2 is 1.40 bits per heavy atom. The normalized spacial score (nSPS) is 11.8. The quantitative estimate of drug-likeness (QED) is 0.225. The Labute approximate surface area is 215 Å². The molecule has 0 bridgehead atoms. The van der Waals surface area contributed by atoms with E-state index in [1.165, 1.54) is 12.1 Å². The van der Waals surface area contributed by atoms with Gasteiger partial charge in [-0.15, -0.1) is 5.11 Å². The fourth-order valence-electron chi connectivity index (χ4n) is 2.47. The maximum absolute atomic E-state index is 11.6. The number of hydrogen-bond acceptors (Lipinski definition) is 10. The molecule has 0 heterocycles. The van der Waals surface area contributed by atoms with Gasteiger partial charge in [-0.2, -0.15) is 5.11 Å². The number of benzene rings is 3. The molecule has 14 heteroatoms. The molecule has 0 aliphatic rings. The maximum atomic E-state index is 11.6. The van der Waals surface area contributed by atoms with Gasteiger partial charge in [0.1, 0.15) is 31.7 Å². The molecule has 0 unspecified atom stereocenters. The Kier molecular flexibility index (Phi) is 9.03. The Morgan fingerprint density at radius 3 is 1.93 bits per heavy atom. The summed E-state index contributed by atoms with van der Waals surface area (Å²) in [5, 5.41) is 27.0. The first-order valence-electron chi connectivity index (χ1n) is 7.40. The zero-order chi connectivity index (χ0) is 20.7. The third kappa shape index (κ3) is 5.79. The fourth-order valence-corrected chi connectivity index (χ4v) is 3.65. The second-order valence-corrected chi connectivity index (χ2v) is 8.28. The smallest absolute Gasteiger partial charge is 0.744 e. The van der Waals surface area contributed by atoms with Gasteiger partial charge in [-0.3, -0.25) is 0 Å². The van der Waals surface area contributed by atoms with Gasteiger partial charge >= 0.3 is 59.1 Å². The molecule has 0 saturated heterocycles. The van der Waals surface area contributed by atoms with Gasteiger partial charge < -0.3 is 19.3 Å². The first-order chi connectivity index (χ1) is 13.0.